The molecule has 1 heterocycles. The molecule has 0 saturated carbocycles. The first-order valence-electron chi connectivity index (χ1n) is 8.06. The van der Waals surface area contributed by atoms with Gasteiger partial charge >= 0.3 is 6.09 Å². The van der Waals surface area contributed by atoms with Crippen molar-refractivity contribution in [2.45, 2.75) is 31.5 Å². The molecule has 23 heavy (non-hydrogen) atoms. The molecule has 2 aromatic rings. The lowest BCUT2D eigenvalue weighted by Gasteiger charge is -2.37. The minimum Gasteiger partial charge on any atom is -0.465 e. The Bertz CT molecular complexity index is 630. The van der Waals surface area contributed by atoms with E-state index in [4.69, 9.17) is 0 Å². The Morgan fingerprint density at radius 2 is 1.74 bits per heavy atom. The molecule has 0 spiro atoms. The van der Waals surface area contributed by atoms with Gasteiger partial charge in [-0.3, -0.25) is 0 Å². The summed E-state index contributed by atoms with van der Waals surface area (Å²) >= 11 is 0. The standard InChI is InChI=1S/C19H22N2O2/c22-19(23)21(14-15-7-3-1-4-8-15)17-11-12-20-18(13-17)16-9-5-2-6-10-16/h1-10,17-18,20H,11-14H2,(H,22,23). The number of rotatable bonds is 4. The monoisotopic (exact) mass is 310 g/mol. The molecule has 1 aliphatic rings. The van der Waals surface area contributed by atoms with Gasteiger partial charge in [0, 0.05) is 18.6 Å². The number of amides is 1. The van der Waals surface area contributed by atoms with Gasteiger partial charge in [-0.2, -0.15) is 0 Å². The Hall–Kier alpha value is -2.33. The molecule has 0 aromatic heterocycles. The van der Waals surface area contributed by atoms with Crippen LogP contribution < -0.4 is 5.32 Å². The van der Waals surface area contributed by atoms with Crippen LogP contribution in [-0.2, 0) is 6.54 Å². The van der Waals surface area contributed by atoms with Crippen LogP contribution in [0.4, 0.5) is 4.79 Å². The van der Waals surface area contributed by atoms with Gasteiger partial charge < -0.3 is 15.3 Å². The number of benzene rings is 2. The van der Waals surface area contributed by atoms with E-state index in [9.17, 15) is 9.90 Å². The Balaban J connectivity index is 1.73. The number of carbonyl (C=O) groups is 1. The molecule has 0 radical (unpaired) electrons. The van der Waals surface area contributed by atoms with E-state index < -0.39 is 6.09 Å². The first kappa shape index (κ1) is 15.6. The van der Waals surface area contributed by atoms with Crippen molar-refractivity contribution < 1.29 is 9.90 Å². The number of nitrogens with one attached hydrogen (secondary N) is 1. The predicted octanol–water partition coefficient (Wildman–Crippen LogP) is 3.66. The molecule has 2 aromatic carbocycles. The largest absolute Gasteiger partial charge is 0.465 e. The van der Waals surface area contributed by atoms with E-state index in [1.165, 1.54) is 5.56 Å². The molecule has 120 valence electrons. The van der Waals surface area contributed by atoms with Gasteiger partial charge in [-0.1, -0.05) is 60.7 Å². The molecule has 4 heteroatoms. The van der Waals surface area contributed by atoms with Crippen LogP contribution in [-0.4, -0.2) is 28.7 Å². The third-order valence-corrected chi connectivity index (χ3v) is 4.46. The Morgan fingerprint density at radius 1 is 1.09 bits per heavy atom. The summed E-state index contributed by atoms with van der Waals surface area (Å²) in [5, 5.41) is 13.2. The average molecular weight is 310 g/mol. The molecule has 2 unspecified atom stereocenters. The summed E-state index contributed by atoms with van der Waals surface area (Å²) in [5.41, 5.74) is 2.26. The van der Waals surface area contributed by atoms with E-state index in [1.807, 2.05) is 48.5 Å². The third-order valence-electron chi connectivity index (χ3n) is 4.46. The van der Waals surface area contributed by atoms with Crippen molar-refractivity contribution in [2.75, 3.05) is 6.54 Å². The third kappa shape index (κ3) is 3.90. The molecule has 0 aliphatic carbocycles. The summed E-state index contributed by atoms with van der Waals surface area (Å²) in [5.74, 6) is 0. The topological polar surface area (TPSA) is 52.6 Å². The number of carboxylic acid groups (broad SMARTS) is 1. The molecule has 4 nitrogen and oxygen atoms in total. The van der Waals surface area contributed by atoms with Crippen LogP contribution in [0.1, 0.15) is 30.0 Å². The van der Waals surface area contributed by atoms with Gasteiger partial charge in [0.05, 0.1) is 0 Å². The normalized spacial score (nSPS) is 20.9. The van der Waals surface area contributed by atoms with Crippen LogP contribution in [0, 0.1) is 0 Å². The maximum Gasteiger partial charge on any atom is 0.407 e. The fourth-order valence-corrected chi connectivity index (χ4v) is 3.25. The van der Waals surface area contributed by atoms with E-state index in [1.54, 1.807) is 4.90 Å². The highest BCUT2D eigenvalue weighted by Gasteiger charge is 2.30. The second kappa shape index (κ2) is 7.29. The minimum atomic E-state index is -0.840. The Kier molecular flexibility index (Phi) is 4.93. The highest BCUT2D eigenvalue weighted by molar-refractivity contribution is 5.65. The summed E-state index contributed by atoms with van der Waals surface area (Å²) in [4.78, 5) is 13.3. The predicted molar refractivity (Wildman–Crippen MR) is 90.2 cm³/mol. The number of hydrogen-bond donors (Lipinski definition) is 2. The van der Waals surface area contributed by atoms with Gasteiger partial charge in [0.15, 0.2) is 0 Å². The molecule has 2 N–H and O–H groups in total. The molecule has 3 rings (SSSR count). The second-order valence-corrected chi connectivity index (χ2v) is 5.99. The van der Waals surface area contributed by atoms with Crippen LogP contribution in [0.2, 0.25) is 0 Å². The van der Waals surface area contributed by atoms with Gasteiger partial charge in [0.1, 0.15) is 0 Å². The zero-order valence-corrected chi connectivity index (χ0v) is 13.1. The van der Waals surface area contributed by atoms with Crippen molar-refractivity contribution in [3.05, 3.63) is 71.8 Å². The Labute approximate surface area is 136 Å². The minimum absolute atomic E-state index is 0.0409. The molecule has 1 amide bonds. The molecule has 1 saturated heterocycles. The van der Waals surface area contributed by atoms with Crippen molar-refractivity contribution in [3.63, 3.8) is 0 Å². The first-order valence-corrected chi connectivity index (χ1v) is 8.06. The summed E-state index contributed by atoms with van der Waals surface area (Å²) in [6, 6.07) is 20.3. The summed E-state index contributed by atoms with van der Waals surface area (Å²) in [7, 11) is 0. The lowest BCUT2D eigenvalue weighted by Crippen LogP contribution is -2.46. The summed E-state index contributed by atoms with van der Waals surface area (Å²) in [6.07, 6.45) is 0.818. The van der Waals surface area contributed by atoms with Crippen LogP contribution in [0.25, 0.3) is 0 Å². The molecular weight excluding hydrogens is 288 g/mol. The molecule has 1 fully saturated rings. The van der Waals surface area contributed by atoms with Crippen molar-refractivity contribution in [3.8, 4) is 0 Å². The number of hydrogen-bond acceptors (Lipinski definition) is 2. The highest BCUT2D eigenvalue weighted by atomic mass is 16.4. The Morgan fingerprint density at radius 3 is 2.39 bits per heavy atom. The molecule has 0 bridgehead atoms. The fraction of sp³-hybridized carbons (Fsp3) is 0.316. The van der Waals surface area contributed by atoms with Gasteiger partial charge in [0.25, 0.3) is 0 Å². The maximum absolute atomic E-state index is 11.8. The molecule has 1 aliphatic heterocycles. The van der Waals surface area contributed by atoms with Crippen LogP contribution >= 0.6 is 0 Å². The summed E-state index contributed by atoms with van der Waals surface area (Å²) in [6.45, 7) is 1.28. The second-order valence-electron chi connectivity index (χ2n) is 5.99. The fourth-order valence-electron chi connectivity index (χ4n) is 3.25. The zero-order chi connectivity index (χ0) is 16.1. The van der Waals surface area contributed by atoms with Gasteiger partial charge in [-0.15, -0.1) is 0 Å². The van der Waals surface area contributed by atoms with E-state index in [2.05, 4.69) is 17.4 Å². The number of nitrogens with zero attached hydrogens (tertiary/aromatic N) is 1. The van der Waals surface area contributed by atoms with E-state index >= 15 is 0 Å². The van der Waals surface area contributed by atoms with Gasteiger partial charge in [0.2, 0.25) is 0 Å². The highest BCUT2D eigenvalue weighted by Crippen LogP contribution is 2.27. The average Bonchev–Trinajstić information content (AvgIpc) is 2.61. The lowest BCUT2D eigenvalue weighted by atomic mass is 9.92. The van der Waals surface area contributed by atoms with Crippen molar-refractivity contribution in [1.29, 1.82) is 0 Å². The van der Waals surface area contributed by atoms with Crippen LogP contribution in [0.3, 0.4) is 0 Å². The van der Waals surface area contributed by atoms with Gasteiger partial charge in [-0.25, -0.2) is 4.79 Å². The maximum atomic E-state index is 11.8. The summed E-state index contributed by atoms with van der Waals surface area (Å²) < 4.78 is 0. The lowest BCUT2D eigenvalue weighted by molar-refractivity contribution is 0.102. The quantitative estimate of drug-likeness (QED) is 0.906. The number of piperidine rings is 1. The molecular formula is C19H22N2O2. The van der Waals surface area contributed by atoms with Crippen LogP contribution in [0.15, 0.2) is 60.7 Å². The zero-order valence-electron chi connectivity index (χ0n) is 13.1. The van der Waals surface area contributed by atoms with Crippen molar-refractivity contribution >= 4 is 6.09 Å². The molecule has 2 atom stereocenters. The van der Waals surface area contributed by atoms with E-state index in [0.29, 0.717) is 6.54 Å². The smallest absolute Gasteiger partial charge is 0.407 e. The van der Waals surface area contributed by atoms with Crippen LogP contribution in [0.5, 0.6) is 0 Å². The van der Waals surface area contributed by atoms with Crippen molar-refractivity contribution in [1.82, 2.24) is 10.2 Å². The SMILES string of the molecule is O=C(O)N(Cc1ccccc1)C1CCNC(c2ccccc2)C1. The first-order chi connectivity index (χ1) is 11.2. The van der Waals surface area contributed by atoms with E-state index in [-0.39, 0.29) is 12.1 Å². The van der Waals surface area contributed by atoms with Crippen molar-refractivity contribution in [2.24, 2.45) is 0 Å². The van der Waals surface area contributed by atoms with Gasteiger partial charge in [-0.05, 0) is 30.5 Å². The van der Waals surface area contributed by atoms with E-state index in [0.717, 1.165) is 24.9 Å².